The van der Waals surface area contributed by atoms with Crippen LogP contribution in [0.3, 0.4) is 0 Å². The summed E-state index contributed by atoms with van der Waals surface area (Å²) >= 11 is 0. The van der Waals surface area contributed by atoms with Crippen molar-refractivity contribution >= 4 is 5.91 Å². The van der Waals surface area contributed by atoms with Crippen LogP contribution in [0.1, 0.15) is 25.6 Å². The third-order valence-electron chi connectivity index (χ3n) is 2.06. The van der Waals surface area contributed by atoms with Gasteiger partial charge in [0.05, 0.1) is 11.7 Å². The van der Waals surface area contributed by atoms with Gasteiger partial charge in [0, 0.05) is 12.2 Å². The molecule has 0 aliphatic rings. The Hall–Kier alpha value is -1.42. The predicted octanol–water partition coefficient (Wildman–Crippen LogP) is 0.606. The third-order valence-corrected chi connectivity index (χ3v) is 2.06. The Morgan fingerprint density at radius 1 is 1.50 bits per heavy atom. The summed E-state index contributed by atoms with van der Waals surface area (Å²) in [6, 6.07) is 5.36. The van der Waals surface area contributed by atoms with Crippen LogP contribution in [-0.4, -0.2) is 16.9 Å². The molecular formula is C10H15N3O. The number of carbonyl (C=O) groups is 1. The van der Waals surface area contributed by atoms with Crippen LogP contribution in [0.5, 0.6) is 0 Å². The van der Waals surface area contributed by atoms with Crippen molar-refractivity contribution in [1.82, 2.24) is 10.3 Å². The average molecular weight is 193 g/mol. The minimum Gasteiger partial charge on any atom is -0.368 e. The fraction of sp³-hybridized carbons (Fsp3) is 0.400. The van der Waals surface area contributed by atoms with Gasteiger partial charge in [-0.1, -0.05) is 6.07 Å². The van der Waals surface area contributed by atoms with E-state index in [4.69, 9.17) is 5.73 Å². The molecule has 1 aromatic rings. The lowest BCUT2D eigenvalue weighted by atomic mass is 10.2. The third kappa shape index (κ3) is 2.81. The molecule has 0 fully saturated rings. The van der Waals surface area contributed by atoms with E-state index in [2.05, 4.69) is 10.3 Å². The Bertz CT molecular complexity index is 299. The van der Waals surface area contributed by atoms with E-state index >= 15 is 0 Å². The Balaban J connectivity index is 2.59. The van der Waals surface area contributed by atoms with Crippen LogP contribution in [0.2, 0.25) is 0 Å². The quantitative estimate of drug-likeness (QED) is 0.736. The molecule has 14 heavy (non-hydrogen) atoms. The lowest BCUT2D eigenvalue weighted by Crippen LogP contribution is -2.40. The van der Waals surface area contributed by atoms with E-state index < -0.39 is 0 Å². The first-order chi connectivity index (χ1) is 6.61. The summed E-state index contributed by atoms with van der Waals surface area (Å²) in [5.74, 6) is -0.354. The van der Waals surface area contributed by atoms with Gasteiger partial charge in [0.15, 0.2) is 0 Å². The molecule has 0 saturated heterocycles. The topological polar surface area (TPSA) is 68.0 Å². The van der Waals surface area contributed by atoms with Crippen molar-refractivity contribution in [1.29, 1.82) is 0 Å². The van der Waals surface area contributed by atoms with Gasteiger partial charge in [-0.2, -0.15) is 0 Å². The Labute approximate surface area is 83.5 Å². The van der Waals surface area contributed by atoms with Crippen molar-refractivity contribution in [3.8, 4) is 0 Å². The first-order valence-electron chi connectivity index (χ1n) is 4.57. The van der Waals surface area contributed by atoms with Crippen LogP contribution in [0.25, 0.3) is 0 Å². The summed E-state index contributed by atoms with van der Waals surface area (Å²) in [6.45, 7) is 3.68. The highest BCUT2D eigenvalue weighted by Gasteiger charge is 2.13. The van der Waals surface area contributed by atoms with E-state index in [-0.39, 0.29) is 18.0 Å². The van der Waals surface area contributed by atoms with Crippen LogP contribution in [0.15, 0.2) is 24.4 Å². The van der Waals surface area contributed by atoms with Crippen molar-refractivity contribution in [2.75, 3.05) is 0 Å². The van der Waals surface area contributed by atoms with Crippen molar-refractivity contribution in [2.24, 2.45) is 5.73 Å². The maximum absolute atomic E-state index is 10.8. The van der Waals surface area contributed by atoms with E-state index in [1.165, 1.54) is 0 Å². The van der Waals surface area contributed by atoms with Gasteiger partial charge in [0.2, 0.25) is 5.91 Å². The van der Waals surface area contributed by atoms with Crippen molar-refractivity contribution < 1.29 is 4.79 Å². The molecule has 0 saturated carbocycles. The summed E-state index contributed by atoms with van der Waals surface area (Å²) in [5.41, 5.74) is 6.04. The highest BCUT2D eigenvalue weighted by Crippen LogP contribution is 2.08. The number of hydrogen-bond acceptors (Lipinski definition) is 3. The summed E-state index contributed by atoms with van der Waals surface area (Å²) in [6.07, 6.45) is 1.72. The Morgan fingerprint density at radius 2 is 2.21 bits per heavy atom. The zero-order chi connectivity index (χ0) is 10.6. The second-order valence-corrected chi connectivity index (χ2v) is 3.27. The van der Waals surface area contributed by atoms with E-state index in [9.17, 15) is 4.79 Å². The van der Waals surface area contributed by atoms with Crippen LogP contribution in [0.4, 0.5) is 0 Å². The zero-order valence-electron chi connectivity index (χ0n) is 8.40. The highest BCUT2D eigenvalue weighted by atomic mass is 16.1. The number of amides is 1. The Kier molecular flexibility index (Phi) is 3.59. The first-order valence-corrected chi connectivity index (χ1v) is 4.57. The second kappa shape index (κ2) is 4.72. The molecule has 1 heterocycles. The van der Waals surface area contributed by atoms with E-state index in [1.807, 2.05) is 25.1 Å². The number of nitrogens with two attached hydrogens (primary N) is 1. The number of nitrogens with one attached hydrogen (secondary N) is 1. The normalized spacial score (nSPS) is 14.7. The smallest absolute Gasteiger partial charge is 0.234 e. The molecule has 2 unspecified atom stereocenters. The fourth-order valence-electron chi connectivity index (χ4n) is 1.17. The number of pyridine rings is 1. The average Bonchev–Trinajstić information content (AvgIpc) is 2.19. The molecule has 76 valence electrons. The van der Waals surface area contributed by atoms with Crippen molar-refractivity contribution in [2.45, 2.75) is 25.9 Å². The monoisotopic (exact) mass is 193 g/mol. The lowest BCUT2D eigenvalue weighted by Gasteiger charge is -2.16. The van der Waals surface area contributed by atoms with Crippen molar-refractivity contribution in [3.63, 3.8) is 0 Å². The molecule has 0 bridgehead atoms. The highest BCUT2D eigenvalue weighted by molar-refractivity contribution is 5.79. The van der Waals surface area contributed by atoms with E-state index in [0.29, 0.717) is 0 Å². The molecule has 0 radical (unpaired) electrons. The van der Waals surface area contributed by atoms with Gasteiger partial charge < -0.3 is 5.73 Å². The van der Waals surface area contributed by atoms with Gasteiger partial charge in [-0.15, -0.1) is 0 Å². The number of aromatic nitrogens is 1. The van der Waals surface area contributed by atoms with Crippen LogP contribution in [-0.2, 0) is 4.79 Å². The summed E-state index contributed by atoms with van der Waals surface area (Å²) in [7, 11) is 0. The molecule has 0 spiro atoms. The van der Waals surface area contributed by atoms with Crippen LogP contribution >= 0.6 is 0 Å². The molecule has 1 rings (SSSR count). The molecule has 2 atom stereocenters. The zero-order valence-corrected chi connectivity index (χ0v) is 8.40. The minimum atomic E-state index is -0.354. The molecule has 1 amide bonds. The molecule has 4 nitrogen and oxygen atoms in total. The summed E-state index contributed by atoms with van der Waals surface area (Å²) in [5, 5.41) is 3.06. The minimum absolute atomic E-state index is 0.0266. The van der Waals surface area contributed by atoms with E-state index in [0.717, 1.165) is 5.69 Å². The number of primary amides is 1. The van der Waals surface area contributed by atoms with Crippen LogP contribution < -0.4 is 11.1 Å². The lowest BCUT2D eigenvalue weighted by molar-refractivity contribution is -0.119. The van der Waals surface area contributed by atoms with Gasteiger partial charge in [-0.05, 0) is 26.0 Å². The molecule has 4 heteroatoms. The standard InChI is InChI=1S/C10H15N3O/c1-7(13-8(2)10(11)14)9-5-3-4-6-12-9/h3-8,13H,1-2H3,(H2,11,14). The van der Waals surface area contributed by atoms with Gasteiger partial charge >= 0.3 is 0 Å². The van der Waals surface area contributed by atoms with Gasteiger partial charge in [-0.3, -0.25) is 15.1 Å². The molecule has 0 aliphatic heterocycles. The molecule has 3 N–H and O–H groups in total. The fourth-order valence-corrected chi connectivity index (χ4v) is 1.17. The number of rotatable bonds is 4. The maximum atomic E-state index is 10.8. The number of hydrogen-bond donors (Lipinski definition) is 2. The second-order valence-electron chi connectivity index (χ2n) is 3.27. The van der Waals surface area contributed by atoms with Gasteiger partial charge in [-0.25, -0.2) is 0 Å². The summed E-state index contributed by atoms with van der Waals surface area (Å²) in [4.78, 5) is 15.0. The molecule has 1 aromatic heterocycles. The van der Waals surface area contributed by atoms with Gasteiger partial charge in [0.25, 0.3) is 0 Å². The van der Waals surface area contributed by atoms with E-state index in [1.54, 1.807) is 13.1 Å². The van der Waals surface area contributed by atoms with Crippen molar-refractivity contribution in [3.05, 3.63) is 30.1 Å². The summed E-state index contributed by atoms with van der Waals surface area (Å²) < 4.78 is 0. The number of nitrogens with zero attached hydrogens (tertiary/aromatic N) is 1. The predicted molar refractivity (Wildman–Crippen MR) is 54.4 cm³/mol. The Morgan fingerprint density at radius 3 is 2.71 bits per heavy atom. The molecular weight excluding hydrogens is 178 g/mol. The van der Waals surface area contributed by atoms with Gasteiger partial charge in [0.1, 0.15) is 0 Å². The largest absolute Gasteiger partial charge is 0.368 e. The molecule has 0 aromatic carbocycles. The molecule has 0 aliphatic carbocycles. The SMILES string of the molecule is CC(NC(C)c1ccccn1)C(N)=O. The maximum Gasteiger partial charge on any atom is 0.234 e. The van der Waals surface area contributed by atoms with Crippen LogP contribution in [0, 0.1) is 0 Å². The first kappa shape index (κ1) is 10.7. The number of carbonyl (C=O) groups excluding carboxylic acids is 1.